The summed E-state index contributed by atoms with van der Waals surface area (Å²) in [7, 11) is -2.79. The highest BCUT2D eigenvalue weighted by Crippen LogP contribution is 2.37. The fraction of sp³-hybridized carbons (Fsp3) is 0.107. The summed E-state index contributed by atoms with van der Waals surface area (Å²) in [6.45, 7) is -0.145. The maximum Gasteiger partial charge on any atom is 0.418 e. The third-order valence-electron chi connectivity index (χ3n) is 5.77. The van der Waals surface area contributed by atoms with Crippen molar-refractivity contribution in [2.24, 2.45) is 0 Å². The van der Waals surface area contributed by atoms with Crippen molar-refractivity contribution in [1.82, 2.24) is 0 Å². The molecule has 39 heavy (non-hydrogen) atoms. The molecular weight excluding hydrogens is 553 g/mol. The highest BCUT2D eigenvalue weighted by molar-refractivity contribution is 7.92. The number of carbonyl (C=O) groups is 1. The van der Waals surface area contributed by atoms with Crippen LogP contribution in [0.25, 0.3) is 0 Å². The van der Waals surface area contributed by atoms with Gasteiger partial charge in [0.2, 0.25) is 0 Å². The molecule has 4 aromatic carbocycles. The quantitative estimate of drug-likeness (QED) is 0.245. The zero-order chi connectivity index (χ0) is 28.2. The van der Waals surface area contributed by atoms with Crippen LogP contribution in [-0.4, -0.2) is 21.4 Å². The zero-order valence-electron chi connectivity index (χ0n) is 20.4. The molecule has 202 valence electrons. The van der Waals surface area contributed by atoms with Gasteiger partial charge in [0.1, 0.15) is 5.75 Å². The minimum atomic E-state index is -4.79. The molecule has 0 aliphatic carbocycles. The Hall–Kier alpha value is -4.02. The van der Waals surface area contributed by atoms with Crippen molar-refractivity contribution in [1.29, 1.82) is 0 Å². The van der Waals surface area contributed by atoms with Crippen molar-refractivity contribution in [2.45, 2.75) is 17.6 Å². The number of nitrogens with one attached hydrogen (secondary N) is 1. The van der Waals surface area contributed by atoms with E-state index in [0.717, 1.165) is 10.4 Å². The molecule has 0 unspecified atom stereocenters. The van der Waals surface area contributed by atoms with Crippen molar-refractivity contribution < 1.29 is 31.1 Å². The van der Waals surface area contributed by atoms with Gasteiger partial charge < -0.3 is 10.1 Å². The van der Waals surface area contributed by atoms with Crippen molar-refractivity contribution in [3.05, 3.63) is 119 Å². The number of benzene rings is 4. The van der Waals surface area contributed by atoms with Gasteiger partial charge in [0, 0.05) is 5.02 Å². The van der Waals surface area contributed by atoms with E-state index < -0.39 is 33.4 Å². The average molecular weight is 575 g/mol. The number of carbonyl (C=O) groups excluding carboxylic acids is 1. The third-order valence-corrected chi connectivity index (χ3v) is 7.78. The normalized spacial score (nSPS) is 11.6. The van der Waals surface area contributed by atoms with Crippen molar-refractivity contribution in [3.63, 3.8) is 0 Å². The number of halogens is 4. The van der Waals surface area contributed by atoms with Gasteiger partial charge in [-0.1, -0.05) is 54.1 Å². The van der Waals surface area contributed by atoms with E-state index in [2.05, 4.69) is 5.32 Å². The molecule has 0 aliphatic heterocycles. The molecule has 6 nitrogen and oxygen atoms in total. The molecule has 0 saturated carbocycles. The van der Waals surface area contributed by atoms with Gasteiger partial charge in [-0.2, -0.15) is 13.2 Å². The Morgan fingerprint density at radius 2 is 1.56 bits per heavy atom. The topological polar surface area (TPSA) is 75.7 Å². The Bertz CT molecular complexity index is 1580. The van der Waals surface area contributed by atoms with Crippen molar-refractivity contribution >= 4 is 38.9 Å². The number of amides is 1. The summed E-state index contributed by atoms with van der Waals surface area (Å²) >= 11 is 5.75. The van der Waals surface area contributed by atoms with E-state index in [1.54, 1.807) is 30.3 Å². The molecule has 4 aromatic rings. The molecule has 0 saturated heterocycles. The lowest BCUT2D eigenvalue weighted by atomic mass is 10.1. The van der Waals surface area contributed by atoms with Gasteiger partial charge in [0.05, 0.1) is 41.1 Å². The van der Waals surface area contributed by atoms with E-state index in [-0.39, 0.29) is 27.7 Å². The molecule has 0 atom stereocenters. The second kappa shape index (κ2) is 11.4. The predicted molar refractivity (Wildman–Crippen MR) is 144 cm³/mol. The predicted octanol–water partition coefficient (Wildman–Crippen LogP) is 7.02. The lowest BCUT2D eigenvalue weighted by Gasteiger charge is -2.27. The number of hydrogen-bond donors (Lipinski definition) is 1. The maximum atomic E-state index is 13.9. The first-order valence-electron chi connectivity index (χ1n) is 11.5. The molecule has 0 bridgehead atoms. The number of anilines is 2. The largest absolute Gasteiger partial charge is 0.497 e. The number of ether oxygens (including phenoxy) is 1. The highest BCUT2D eigenvalue weighted by Gasteiger charge is 2.35. The maximum absolute atomic E-state index is 13.9. The third kappa shape index (κ3) is 6.35. The van der Waals surface area contributed by atoms with Crippen molar-refractivity contribution in [3.8, 4) is 5.75 Å². The second-order valence-corrected chi connectivity index (χ2v) is 10.6. The molecule has 1 amide bonds. The van der Waals surface area contributed by atoms with Gasteiger partial charge in [-0.05, 0) is 60.2 Å². The molecule has 0 radical (unpaired) electrons. The van der Waals surface area contributed by atoms with Crippen LogP contribution < -0.4 is 14.4 Å². The molecule has 0 aromatic heterocycles. The summed E-state index contributed by atoms with van der Waals surface area (Å²) in [4.78, 5) is 13.3. The molecule has 0 fully saturated rings. The number of para-hydroxylation sites is 1. The Morgan fingerprint density at radius 1 is 0.923 bits per heavy atom. The van der Waals surface area contributed by atoms with Crippen LogP contribution in [0.4, 0.5) is 24.5 Å². The van der Waals surface area contributed by atoms with Crippen LogP contribution in [0.1, 0.15) is 21.5 Å². The number of methoxy groups -OCH3 is 1. The SMILES string of the molecule is COc1ccc(S(=O)(=O)N(Cc2ccccc2)c2ccccc2C(=O)Nc2ccc(Cl)cc2C(F)(F)F)cc1. The zero-order valence-corrected chi connectivity index (χ0v) is 22.0. The first kappa shape index (κ1) is 28.0. The van der Waals surface area contributed by atoms with E-state index in [1.165, 1.54) is 61.7 Å². The van der Waals surface area contributed by atoms with Gasteiger partial charge in [0.15, 0.2) is 0 Å². The highest BCUT2D eigenvalue weighted by atomic mass is 35.5. The van der Waals surface area contributed by atoms with E-state index in [1.807, 2.05) is 0 Å². The van der Waals surface area contributed by atoms with E-state index in [4.69, 9.17) is 16.3 Å². The minimum Gasteiger partial charge on any atom is -0.497 e. The second-order valence-electron chi connectivity index (χ2n) is 8.33. The van der Waals surface area contributed by atoms with Gasteiger partial charge in [0.25, 0.3) is 15.9 Å². The minimum absolute atomic E-state index is 0.0165. The fourth-order valence-electron chi connectivity index (χ4n) is 3.86. The Morgan fingerprint density at radius 3 is 2.21 bits per heavy atom. The van der Waals surface area contributed by atoms with Crippen LogP contribution in [0.2, 0.25) is 5.02 Å². The number of rotatable bonds is 8. The number of hydrogen-bond acceptors (Lipinski definition) is 4. The lowest BCUT2D eigenvalue weighted by molar-refractivity contribution is -0.136. The standard InChI is InChI=1S/C28H22ClF3N2O4S/c1-38-21-12-14-22(15-13-21)39(36,37)34(18-19-7-3-2-4-8-19)26-10-6-5-9-23(26)27(35)33-25-16-11-20(29)17-24(25)28(30,31)32/h2-17H,18H2,1H3,(H,33,35). The summed E-state index contributed by atoms with van der Waals surface area (Å²) in [6.07, 6.45) is -4.79. The Kier molecular flexibility index (Phi) is 8.17. The molecule has 0 heterocycles. The van der Waals surface area contributed by atoms with Crippen LogP contribution in [0.5, 0.6) is 5.75 Å². The first-order valence-corrected chi connectivity index (χ1v) is 13.3. The summed E-state index contributed by atoms with van der Waals surface area (Å²) < 4.78 is 74.8. The number of nitrogens with zero attached hydrogens (tertiary/aromatic N) is 1. The van der Waals surface area contributed by atoms with Crippen molar-refractivity contribution in [2.75, 3.05) is 16.7 Å². The van der Waals surface area contributed by atoms with Crippen LogP contribution in [0, 0.1) is 0 Å². The smallest absolute Gasteiger partial charge is 0.418 e. The summed E-state index contributed by atoms with van der Waals surface area (Å²) in [5, 5.41) is 2.12. The average Bonchev–Trinajstić information content (AvgIpc) is 2.92. The first-order chi connectivity index (χ1) is 18.5. The van der Waals surface area contributed by atoms with Gasteiger partial charge >= 0.3 is 6.18 Å². The van der Waals surface area contributed by atoms with Crippen LogP contribution in [0.15, 0.2) is 102 Å². The Balaban J connectivity index is 1.80. The van der Waals surface area contributed by atoms with E-state index >= 15 is 0 Å². The van der Waals surface area contributed by atoms with Crippen LogP contribution in [-0.2, 0) is 22.7 Å². The lowest BCUT2D eigenvalue weighted by Crippen LogP contribution is -2.32. The molecule has 1 N–H and O–H groups in total. The summed E-state index contributed by atoms with van der Waals surface area (Å²) in [5.74, 6) is -0.479. The van der Waals surface area contributed by atoms with E-state index in [9.17, 15) is 26.4 Å². The molecule has 4 rings (SSSR count). The fourth-order valence-corrected chi connectivity index (χ4v) is 5.50. The summed E-state index contributed by atoms with van der Waals surface area (Å²) in [5.41, 5.74) is -1.18. The number of alkyl halides is 3. The molecule has 11 heteroatoms. The van der Waals surface area contributed by atoms with Crippen LogP contribution >= 0.6 is 11.6 Å². The molecule has 0 spiro atoms. The van der Waals surface area contributed by atoms with Gasteiger partial charge in [-0.3, -0.25) is 9.10 Å². The van der Waals surface area contributed by atoms with E-state index in [0.29, 0.717) is 17.4 Å². The summed E-state index contributed by atoms with van der Waals surface area (Å²) in [6, 6.07) is 23.2. The Labute approximate surface area is 228 Å². The molecule has 0 aliphatic rings. The van der Waals surface area contributed by atoms with Gasteiger partial charge in [-0.15, -0.1) is 0 Å². The monoisotopic (exact) mass is 574 g/mol. The number of sulfonamides is 1. The van der Waals surface area contributed by atoms with Gasteiger partial charge in [-0.25, -0.2) is 8.42 Å². The van der Waals surface area contributed by atoms with Crippen LogP contribution in [0.3, 0.4) is 0 Å². The molecular formula is C28H22ClF3N2O4S.